The van der Waals surface area contributed by atoms with Gasteiger partial charge in [0.1, 0.15) is 5.76 Å². The van der Waals surface area contributed by atoms with E-state index in [0.29, 0.717) is 18.1 Å². The van der Waals surface area contributed by atoms with Crippen molar-refractivity contribution in [3.63, 3.8) is 0 Å². The van der Waals surface area contributed by atoms with Crippen LogP contribution in [0.2, 0.25) is 5.02 Å². The van der Waals surface area contributed by atoms with Gasteiger partial charge in [-0.05, 0) is 61.7 Å². The van der Waals surface area contributed by atoms with Crippen LogP contribution in [0.1, 0.15) is 37.1 Å². The number of furan rings is 1. The predicted octanol–water partition coefficient (Wildman–Crippen LogP) is 4.21. The van der Waals surface area contributed by atoms with Crippen LogP contribution in [0.15, 0.2) is 47.1 Å². The van der Waals surface area contributed by atoms with Gasteiger partial charge in [-0.3, -0.25) is 4.90 Å². The van der Waals surface area contributed by atoms with Crippen molar-refractivity contribution in [3.8, 4) is 0 Å². The molecular weight excluding hydrogens is 350 g/mol. The zero-order chi connectivity index (χ0) is 18.4. The van der Waals surface area contributed by atoms with Gasteiger partial charge in [-0.15, -0.1) is 0 Å². The molecule has 3 rings (SSSR count). The first-order chi connectivity index (χ1) is 12.6. The zero-order valence-electron chi connectivity index (χ0n) is 15.1. The molecule has 1 saturated heterocycles. The Morgan fingerprint density at radius 3 is 2.77 bits per heavy atom. The molecule has 26 heavy (non-hydrogen) atoms. The lowest BCUT2D eigenvalue weighted by atomic mass is 9.97. The Balaban J connectivity index is 1.53. The molecule has 1 aliphatic rings. The number of nitrogens with one attached hydrogen (secondary N) is 2. The SMILES string of the molecule is CC1CCN(C(CNC(=O)NCc2cccc(Cl)c2)c2ccco2)CC1. The summed E-state index contributed by atoms with van der Waals surface area (Å²) < 4.78 is 5.62. The number of hydrogen-bond donors (Lipinski definition) is 2. The Morgan fingerprint density at radius 2 is 2.08 bits per heavy atom. The first kappa shape index (κ1) is 18.8. The Labute approximate surface area is 159 Å². The number of likely N-dealkylation sites (tertiary alicyclic amines) is 1. The number of rotatable bonds is 6. The number of carbonyl (C=O) groups excluding carboxylic acids is 1. The lowest BCUT2D eigenvalue weighted by Crippen LogP contribution is -2.44. The maximum atomic E-state index is 12.2. The van der Waals surface area contributed by atoms with Crippen LogP contribution in [0.3, 0.4) is 0 Å². The normalized spacial score (nSPS) is 17.0. The number of carbonyl (C=O) groups is 1. The molecule has 1 fully saturated rings. The van der Waals surface area contributed by atoms with Gasteiger partial charge in [-0.2, -0.15) is 0 Å². The molecular formula is C20H26ClN3O2. The third-order valence-electron chi connectivity index (χ3n) is 4.93. The van der Waals surface area contributed by atoms with Gasteiger partial charge in [-0.25, -0.2) is 4.79 Å². The third kappa shape index (κ3) is 5.26. The monoisotopic (exact) mass is 375 g/mol. The quantitative estimate of drug-likeness (QED) is 0.795. The minimum Gasteiger partial charge on any atom is -0.468 e. The molecule has 1 unspecified atom stereocenters. The van der Waals surface area contributed by atoms with Crippen molar-refractivity contribution in [3.05, 3.63) is 59.0 Å². The maximum Gasteiger partial charge on any atom is 0.315 e. The highest BCUT2D eigenvalue weighted by atomic mass is 35.5. The van der Waals surface area contributed by atoms with Crippen LogP contribution in [0, 0.1) is 5.92 Å². The first-order valence-corrected chi connectivity index (χ1v) is 9.53. The molecule has 1 aromatic carbocycles. The van der Waals surface area contributed by atoms with Gasteiger partial charge in [-0.1, -0.05) is 30.7 Å². The van der Waals surface area contributed by atoms with E-state index in [9.17, 15) is 4.79 Å². The highest BCUT2D eigenvalue weighted by Crippen LogP contribution is 2.26. The first-order valence-electron chi connectivity index (χ1n) is 9.15. The van der Waals surface area contributed by atoms with Crippen molar-refractivity contribution in [1.29, 1.82) is 0 Å². The average Bonchev–Trinajstić information content (AvgIpc) is 3.16. The lowest BCUT2D eigenvalue weighted by molar-refractivity contribution is 0.122. The molecule has 0 radical (unpaired) electrons. The van der Waals surface area contributed by atoms with Crippen molar-refractivity contribution in [2.24, 2.45) is 5.92 Å². The molecule has 2 N–H and O–H groups in total. The number of hydrogen-bond acceptors (Lipinski definition) is 3. The molecule has 140 valence electrons. The molecule has 2 heterocycles. The fourth-order valence-electron chi connectivity index (χ4n) is 3.31. The number of urea groups is 1. The van der Waals surface area contributed by atoms with Crippen LogP contribution in [-0.4, -0.2) is 30.6 Å². The van der Waals surface area contributed by atoms with E-state index in [4.69, 9.17) is 16.0 Å². The highest BCUT2D eigenvalue weighted by molar-refractivity contribution is 6.30. The maximum absolute atomic E-state index is 12.2. The summed E-state index contributed by atoms with van der Waals surface area (Å²) in [6, 6.07) is 11.2. The number of nitrogens with zero attached hydrogens (tertiary/aromatic N) is 1. The number of benzene rings is 1. The molecule has 0 saturated carbocycles. The molecule has 6 heteroatoms. The predicted molar refractivity (Wildman–Crippen MR) is 103 cm³/mol. The molecule has 2 aromatic rings. The second-order valence-electron chi connectivity index (χ2n) is 6.94. The van der Waals surface area contributed by atoms with E-state index < -0.39 is 0 Å². The van der Waals surface area contributed by atoms with Gasteiger partial charge in [0.05, 0.1) is 12.3 Å². The van der Waals surface area contributed by atoms with Crippen LogP contribution in [-0.2, 0) is 6.54 Å². The summed E-state index contributed by atoms with van der Waals surface area (Å²) in [6.45, 7) is 5.31. The second kappa shape index (κ2) is 9.10. The topological polar surface area (TPSA) is 57.5 Å². The fourth-order valence-corrected chi connectivity index (χ4v) is 3.52. The van der Waals surface area contributed by atoms with Crippen LogP contribution >= 0.6 is 11.6 Å². The van der Waals surface area contributed by atoms with Gasteiger partial charge in [0, 0.05) is 18.1 Å². The molecule has 2 amide bonds. The highest BCUT2D eigenvalue weighted by Gasteiger charge is 2.26. The summed E-state index contributed by atoms with van der Waals surface area (Å²) in [7, 11) is 0. The van der Waals surface area contributed by atoms with Gasteiger partial charge in [0.15, 0.2) is 0 Å². The van der Waals surface area contributed by atoms with Crippen LogP contribution < -0.4 is 10.6 Å². The van der Waals surface area contributed by atoms with E-state index >= 15 is 0 Å². The zero-order valence-corrected chi connectivity index (χ0v) is 15.8. The molecule has 0 aliphatic carbocycles. The van der Waals surface area contributed by atoms with Crippen molar-refractivity contribution >= 4 is 17.6 Å². The summed E-state index contributed by atoms with van der Waals surface area (Å²) in [5.74, 6) is 1.66. The Kier molecular flexibility index (Phi) is 6.58. The van der Waals surface area contributed by atoms with E-state index in [1.165, 1.54) is 12.8 Å². The van der Waals surface area contributed by atoms with E-state index in [2.05, 4.69) is 22.5 Å². The number of piperidine rings is 1. The van der Waals surface area contributed by atoms with Crippen LogP contribution in [0.4, 0.5) is 4.79 Å². The Morgan fingerprint density at radius 1 is 1.27 bits per heavy atom. The molecule has 0 bridgehead atoms. The van der Waals surface area contributed by atoms with E-state index in [0.717, 1.165) is 30.3 Å². The molecule has 1 atom stereocenters. The van der Waals surface area contributed by atoms with Crippen LogP contribution in [0.5, 0.6) is 0 Å². The van der Waals surface area contributed by atoms with Gasteiger partial charge >= 0.3 is 6.03 Å². The van der Waals surface area contributed by atoms with Crippen molar-refractivity contribution < 1.29 is 9.21 Å². The van der Waals surface area contributed by atoms with E-state index in [-0.39, 0.29) is 12.1 Å². The molecule has 0 spiro atoms. The Hall–Kier alpha value is -1.98. The second-order valence-corrected chi connectivity index (χ2v) is 7.38. The fraction of sp³-hybridized carbons (Fsp3) is 0.450. The van der Waals surface area contributed by atoms with Gasteiger partial charge in [0.2, 0.25) is 0 Å². The van der Waals surface area contributed by atoms with Crippen molar-refractivity contribution in [2.45, 2.75) is 32.4 Å². The Bertz CT molecular complexity index is 697. The molecule has 1 aromatic heterocycles. The van der Waals surface area contributed by atoms with Crippen molar-refractivity contribution in [1.82, 2.24) is 15.5 Å². The number of halogens is 1. The summed E-state index contributed by atoms with van der Waals surface area (Å²) in [4.78, 5) is 14.6. The largest absolute Gasteiger partial charge is 0.468 e. The summed E-state index contributed by atoms with van der Waals surface area (Å²) in [5, 5.41) is 6.53. The average molecular weight is 376 g/mol. The standard InChI is InChI=1S/C20H26ClN3O2/c1-15-7-9-24(10-8-15)18(19-6-3-11-26-19)14-23-20(25)22-13-16-4-2-5-17(21)12-16/h2-6,11-12,15,18H,7-10,13-14H2,1H3,(H2,22,23,25). The number of amides is 2. The summed E-state index contributed by atoms with van der Waals surface area (Å²) in [5.41, 5.74) is 0.972. The third-order valence-corrected chi connectivity index (χ3v) is 5.16. The minimum absolute atomic E-state index is 0.0643. The van der Waals surface area contributed by atoms with Crippen LogP contribution in [0.25, 0.3) is 0 Å². The minimum atomic E-state index is -0.188. The summed E-state index contributed by atoms with van der Waals surface area (Å²) in [6.07, 6.45) is 4.05. The molecule has 5 nitrogen and oxygen atoms in total. The van der Waals surface area contributed by atoms with Gasteiger partial charge in [0.25, 0.3) is 0 Å². The molecule has 1 aliphatic heterocycles. The van der Waals surface area contributed by atoms with E-state index in [1.807, 2.05) is 36.4 Å². The van der Waals surface area contributed by atoms with Gasteiger partial charge < -0.3 is 15.1 Å². The van der Waals surface area contributed by atoms with Crippen molar-refractivity contribution in [2.75, 3.05) is 19.6 Å². The van der Waals surface area contributed by atoms with E-state index in [1.54, 1.807) is 6.26 Å². The smallest absolute Gasteiger partial charge is 0.315 e. The lowest BCUT2D eigenvalue weighted by Gasteiger charge is -2.35. The summed E-state index contributed by atoms with van der Waals surface area (Å²) >= 11 is 5.97.